The van der Waals surface area contributed by atoms with Gasteiger partial charge in [-0.25, -0.2) is 0 Å². The van der Waals surface area contributed by atoms with Crippen LogP contribution in [0.2, 0.25) is 0 Å². The van der Waals surface area contributed by atoms with Gasteiger partial charge in [0, 0.05) is 0 Å². The third-order valence-corrected chi connectivity index (χ3v) is 2.11. The topological polar surface area (TPSA) is 62.1 Å². The van der Waals surface area contributed by atoms with Gasteiger partial charge in [0.15, 0.2) is 0 Å². The lowest BCUT2D eigenvalue weighted by atomic mass is 10.1. The van der Waals surface area contributed by atoms with Gasteiger partial charge in [-0.3, -0.25) is 4.79 Å². The molecule has 0 atom stereocenters. The van der Waals surface area contributed by atoms with Crippen LogP contribution >= 0.6 is 0 Å². The molecule has 0 fully saturated rings. The summed E-state index contributed by atoms with van der Waals surface area (Å²) in [6, 6.07) is 7.48. The first kappa shape index (κ1) is 12.1. The molecule has 4 nitrogen and oxygen atoms in total. The highest BCUT2D eigenvalue weighted by Gasteiger charge is 2.07. The predicted octanol–water partition coefficient (Wildman–Crippen LogP) is 1.84. The molecule has 0 saturated carbocycles. The fourth-order valence-corrected chi connectivity index (χ4v) is 1.37. The average molecular weight is 218 g/mol. The van der Waals surface area contributed by atoms with Crippen molar-refractivity contribution in [3.63, 3.8) is 0 Å². The van der Waals surface area contributed by atoms with E-state index in [1.165, 1.54) is 0 Å². The molecular weight excluding hydrogens is 204 g/mol. The van der Waals surface area contributed by atoms with E-state index >= 15 is 0 Å². The Hall–Kier alpha value is -2.02. The number of ether oxygens (including phenoxy) is 1. The van der Waals surface area contributed by atoms with E-state index < -0.39 is 0 Å². The number of nitriles is 1. The maximum atomic E-state index is 11.2. The van der Waals surface area contributed by atoms with Gasteiger partial charge in [-0.1, -0.05) is 12.1 Å². The van der Waals surface area contributed by atoms with Crippen molar-refractivity contribution in [1.82, 2.24) is 0 Å². The lowest BCUT2D eigenvalue weighted by Crippen LogP contribution is -2.17. The van der Waals surface area contributed by atoms with Gasteiger partial charge in [0.1, 0.15) is 12.6 Å². The van der Waals surface area contributed by atoms with Crippen molar-refractivity contribution in [3.8, 4) is 6.07 Å². The van der Waals surface area contributed by atoms with E-state index in [9.17, 15) is 4.79 Å². The van der Waals surface area contributed by atoms with Crippen LogP contribution in [0.25, 0.3) is 0 Å². The highest BCUT2D eigenvalue weighted by Crippen LogP contribution is 2.19. The summed E-state index contributed by atoms with van der Waals surface area (Å²) >= 11 is 0. The summed E-state index contributed by atoms with van der Waals surface area (Å²) in [5.74, 6) is -0.324. The molecular formula is C12H14N2O2. The third-order valence-electron chi connectivity index (χ3n) is 2.11. The van der Waals surface area contributed by atoms with Crippen LogP contribution in [-0.2, 0) is 9.53 Å². The Morgan fingerprint density at radius 1 is 1.56 bits per heavy atom. The minimum absolute atomic E-state index is 0.0768. The minimum atomic E-state index is -0.324. The molecule has 0 aromatic heterocycles. The van der Waals surface area contributed by atoms with Gasteiger partial charge in [-0.05, 0) is 25.5 Å². The quantitative estimate of drug-likeness (QED) is 0.783. The number of hydrogen-bond donors (Lipinski definition) is 1. The monoisotopic (exact) mass is 218 g/mol. The minimum Gasteiger partial charge on any atom is -0.465 e. The summed E-state index contributed by atoms with van der Waals surface area (Å²) in [5.41, 5.74) is 2.16. The first-order valence-corrected chi connectivity index (χ1v) is 5.08. The van der Waals surface area contributed by atoms with E-state index in [0.717, 1.165) is 5.56 Å². The van der Waals surface area contributed by atoms with Crippen molar-refractivity contribution >= 4 is 11.7 Å². The molecule has 0 unspecified atom stereocenters. The number of esters is 1. The zero-order valence-corrected chi connectivity index (χ0v) is 9.41. The lowest BCUT2D eigenvalue weighted by molar-refractivity contribution is -0.140. The van der Waals surface area contributed by atoms with Gasteiger partial charge in [0.2, 0.25) is 0 Å². The Kier molecular flexibility index (Phi) is 4.34. The fraction of sp³-hybridized carbons (Fsp3) is 0.333. The molecule has 1 aromatic carbocycles. The molecule has 1 rings (SSSR count). The standard InChI is InChI=1S/C12H14N2O2/c1-3-16-11(15)8-14-12-9(2)5-4-6-10(12)7-13/h4-6,14H,3,8H2,1-2H3. The fourth-order valence-electron chi connectivity index (χ4n) is 1.37. The Labute approximate surface area is 94.8 Å². The number of benzene rings is 1. The Bertz CT molecular complexity index is 422. The molecule has 16 heavy (non-hydrogen) atoms. The predicted molar refractivity (Wildman–Crippen MR) is 61.0 cm³/mol. The number of hydrogen-bond acceptors (Lipinski definition) is 4. The van der Waals surface area contributed by atoms with Crippen molar-refractivity contribution in [2.45, 2.75) is 13.8 Å². The highest BCUT2D eigenvalue weighted by atomic mass is 16.5. The van der Waals surface area contributed by atoms with Crippen LogP contribution in [-0.4, -0.2) is 19.1 Å². The molecule has 1 aromatic rings. The molecule has 0 bridgehead atoms. The average Bonchev–Trinajstić information content (AvgIpc) is 2.27. The summed E-state index contributed by atoms with van der Waals surface area (Å²) in [6.07, 6.45) is 0. The Balaban J connectivity index is 2.74. The number of carbonyl (C=O) groups excluding carboxylic acids is 1. The van der Waals surface area contributed by atoms with E-state index in [1.54, 1.807) is 13.0 Å². The maximum Gasteiger partial charge on any atom is 0.325 e. The normalized spacial score (nSPS) is 9.31. The van der Waals surface area contributed by atoms with Gasteiger partial charge in [-0.15, -0.1) is 0 Å². The van der Waals surface area contributed by atoms with E-state index in [2.05, 4.69) is 11.4 Å². The van der Waals surface area contributed by atoms with Crippen LogP contribution in [0, 0.1) is 18.3 Å². The first-order chi connectivity index (χ1) is 7.69. The number of carbonyl (C=O) groups is 1. The van der Waals surface area contributed by atoms with Crippen LogP contribution in [0.15, 0.2) is 18.2 Å². The van der Waals surface area contributed by atoms with Crippen molar-refractivity contribution in [2.24, 2.45) is 0 Å². The van der Waals surface area contributed by atoms with Gasteiger partial charge >= 0.3 is 5.97 Å². The zero-order chi connectivity index (χ0) is 12.0. The van der Waals surface area contributed by atoms with Crippen LogP contribution in [0.4, 0.5) is 5.69 Å². The maximum absolute atomic E-state index is 11.2. The largest absolute Gasteiger partial charge is 0.465 e. The number of rotatable bonds is 4. The summed E-state index contributed by atoms with van der Waals surface area (Å²) in [5, 5.41) is 11.8. The van der Waals surface area contributed by atoms with Gasteiger partial charge in [0.05, 0.1) is 17.9 Å². The van der Waals surface area contributed by atoms with Crippen molar-refractivity contribution in [2.75, 3.05) is 18.5 Å². The third kappa shape index (κ3) is 2.99. The van der Waals surface area contributed by atoms with Crippen molar-refractivity contribution in [3.05, 3.63) is 29.3 Å². The van der Waals surface area contributed by atoms with Crippen molar-refractivity contribution in [1.29, 1.82) is 5.26 Å². The molecule has 0 aliphatic carbocycles. The summed E-state index contributed by atoms with van der Waals surface area (Å²) in [6.45, 7) is 4.08. The van der Waals surface area contributed by atoms with Crippen LogP contribution < -0.4 is 5.32 Å². The molecule has 0 spiro atoms. The van der Waals surface area contributed by atoms with E-state index in [-0.39, 0.29) is 12.5 Å². The summed E-state index contributed by atoms with van der Waals surface area (Å²) in [7, 11) is 0. The highest BCUT2D eigenvalue weighted by molar-refractivity contribution is 5.76. The van der Waals surface area contributed by atoms with Crippen LogP contribution in [0.5, 0.6) is 0 Å². The second-order valence-electron chi connectivity index (χ2n) is 3.27. The number of para-hydroxylation sites is 1. The Morgan fingerprint density at radius 3 is 2.94 bits per heavy atom. The Morgan fingerprint density at radius 2 is 2.31 bits per heavy atom. The molecule has 0 aliphatic rings. The molecule has 0 amide bonds. The van der Waals surface area contributed by atoms with E-state index in [1.807, 2.05) is 19.1 Å². The van der Waals surface area contributed by atoms with Gasteiger partial charge in [-0.2, -0.15) is 5.26 Å². The second kappa shape index (κ2) is 5.76. The molecule has 1 N–H and O–H groups in total. The SMILES string of the molecule is CCOC(=O)CNc1c(C)cccc1C#N. The van der Waals surface area contributed by atoms with Gasteiger partial charge < -0.3 is 10.1 Å². The second-order valence-corrected chi connectivity index (χ2v) is 3.27. The number of aryl methyl sites for hydroxylation is 1. The molecule has 0 heterocycles. The number of nitrogens with zero attached hydrogens (tertiary/aromatic N) is 1. The van der Waals surface area contributed by atoms with Gasteiger partial charge in [0.25, 0.3) is 0 Å². The smallest absolute Gasteiger partial charge is 0.325 e. The van der Waals surface area contributed by atoms with E-state index in [0.29, 0.717) is 17.9 Å². The first-order valence-electron chi connectivity index (χ1n) is 5.08. The van der Waals surface area contributed by atoms with Crippen LogP contribution in [0.3, 0.4) is 0 Å². The molecule has 0 saturated heterocycles. The zero-order valence-electron chi connectivity index (χ0n) is 9.41. The molecule has 84 valence electrons. The molecule has 0 aliphatic heterocycles. The lowest BCUT2D eigenvalue weighted by Gasteiger charge is -2.10. The summed E-state index contributed by atoms with van der Waals surface area (Å²) < 4.78 is 4.79. The summed E-state index contributed by atoms with van der Waals surface area (Å²) in [4.78, 5) is 11.2. The molecule has 0 radical (unpaired) electrons. The number of nitrogens with one attached hydrogen (secondary N) is 1. The van der Waals surface area contributed by atoms with Crippen molar-refractivity contribution < 1.29 is 9.53 Å². The number of anilines is 1. The van der Waals surface area contributed by atoms with Crippen LogP contribution in [0.1, 0.15) is 18.1 Å². The molecule has 4 heteroatoms. The van der Waals surface area contributed by atoms with E-state index in [4.69, 9.17) is 10.00 Å².